The lowest BCUT2D eigenvalue weighted by Crippen LogP contribution is -2.34. The van der Waals surface area contributed by atoms with Crippen LogP contribution in [0.3, 0.4) is 0 Å². The van der Waals surface area contributed by atoms with Crippen molar-refractivity contribution < 1.29 is 47.5 Å². The van der Waals surface area contributed by atoms with Crippen LogP contribution in [-0.2, 0) is 9.47 Å². The number of ether oxygens (including phenoxy) is 8. The summed E-state index contributed by atoms with van der Waals surface area (Å²) in [5.74, 6) is 1.83. The van der Waals surface area contributed by atoms with E-state index in [0.717, 1.165) is 45.7 Å². The smallest absolute Gasteiger partial charge is 0.338 e. The maximum absolute atomic E-state index is 13.5. The van der Waals surface area contributed by atoms with Crippen molar-refractivity contribution in [3.8, 4) is 34.5 Å². The molecule has 2 aromatic carbocycles. The molecular formula is C34H48N2O10. The number of methoxy groups -OCH3 is 5. The first kappa shape index (κ1) is 35.0. The van der Waals surface area contributed by atoms with Gasteiger partial charge in [0.1, 0.15) is 6.10 Å². The summed E-state index contributed by atoms with van der Waals surface area (Å²) in [5, 5.41) is 0. The molecule has 12 heteroatoms. The highest BCUT2D eigenvalue weighted by Crippen LogP contribution is 2.40. The summed E-state index contributed by atoms with van der Waals surface area (Å²) in [5.41, 5.74) is 0.627. The average Bonchev–Trinajstić information content (AvgIpc) is 3.25. The summed E-state index contributed by atoms with van der Waals surface area (Å²) >= 11 is 0. The second-order valence-electron chi connectivity index (χ2n) is 11.6. The molecule has 0 radical (unpaired) electrons. The summed E-state index contributed by atoms with van der Waals surface area (Å²) in [6.45, 7) is 8.25. The molecule has 4 bridgehead atoms. The van der Waals surface area contributed by atoms with Gasteiger partial charge in [-0.25, -0.2) is 9.59 Å². The van der Waals surface area contributed by atoms with Crippen LogP contribution < -0.4 is 28.4 Å². The Balaban J connectivity index is 1.56. The van der Waals surface area contributed by atoms with Crippen LogP contribution in [0.4, 0.5) is 0 Å². The van der Waals surface area contributed by atoms with E-state index in [9.17, 15) is 9.59 Å². The van der Waals surface area contributed by atoms with Crippen LogP contribution in [0, 0.1) is 5.92 Å². The van der Waals surface area contributed by atoms with Gasteiger partial charge in [-0.2, -0.15) is 0 Å². The molecule has 254 valence electrons. The van der Waals surface area contributed by atoms with E-state index in [2.05, 4.69) is 16.7 Å². The van der Waals surface area contributed by atoms with Gasteiger partial charge in [-0.05, 0) is 55.9 Å². The third-order valence-corrected chi connectivity index (χ3v) is 8.27. The number of nitrogens with zero attached hydrogens (tertiary/aromatic N) is 2. The summed E-state index contributed by atoms with van der Waals surface area (Å²) in [6, 6.07) is 6.41. The van der Waals surface area contributed by atoms with Crippen LogP contribution >= 0.6 is 0 Å². The number of fused-ring (bicyclic) bond motifs is 5. The third kappa shape index (κ3) is 9.10. The number of esters is 2. The predicted octanol–water partition coefficient (Wildman–Crippen LogP) is 4.32. The summed E-state index contributed by atoms with van der Waals surface area (Å²) < 4.78 is 45.2. The Hall–Kier alpha value is -3.90. The molecule has 12 nitrogen and oxygen atoms in total. The lowest BCUT2D eigenvalue weighted by molar-refractivity contribution is 0.0218. The molecule has 0 spiro atoms. The molecule has 4 rings (SSSR count). The highest BCUT2D eigenvalue weighted by atomic mass is 16.6. The molecule has 2 aromatic rings. The van der Waals surface area contributed by atoms with Crippen molar-refractivity contribution >= 4 is 11.9 Å². The standard InChI is InChI=1S/C34H48N2O10/c1-23-21-35-11-8-16-45-33(37)24-17-29(41-4)32(43-6)30(20-24)44-15-7-9-26(10-12-36(22-23)14-13-35)46-34(38)25-18-27(39-2)31(42-5)28(19-25)40-3/h17-20,23,26H,7-16,21-22H2,1-6H3. The first-order valence-electron chi connectivity index (χ1n) is 15.8. The Labute approximate surface area is 271 Å². The minimum absolute atomic E-state index is 0.298. The Morgan fingerprint density at radius 3 is 1.96 bits per heavy atom. The summed E-state index contributed by atoms with van der Waals surface area (Å²) in [4.78, 5) is 31.3. The minimum atomic E-state index is -0.475. The number of hydrogen-bond donors (Lipinski definition) is 0. The molecule has 0 N–H and O–H groups in total. The molecule has 2 heterocycles. The van der Waals surface area contributed by atoms with Crippen molar-refractivity contribution in [1.29, 1.82) is 0 Å². The molecular weight excluding hydrogens is 596 g/mol. The molecule has 0 saturated carbocycles. The minimum Gasteiger partial charge on any atom is -0.493 e. The van der Waals surface area contributed by atoms with Gasteiger partial charge in [-0.1, -0.05) is 6.92 Å². The second kappa shape index (κ2) is 17.1. The number of benzene rings is 2. The Kier molecular flexibility index (Phi) is 13.0. The molecule has 2 aliphatic heterocycles. The van der Waals surface area contributed by atoms with E-state index in [1.54, 1.807) is 24.3 Å². The average molecular weight is 645 g/mol. The summed E-state index contributed by atoms with van der Waals surface area (Å²) in [6.07, 6.45) is 2.17. The van der Waals surface area contributed by atoms with Gasteiger partial charge in [0.05, 0.1) is 59.9 Å². The van der Waals surface area contributed by atoms with Crippen LogP contribution in [0.25, 0.3) is 0 Å². The van der Waals surface area contributed by atoms with Crippen LogP contribution in [0.5, 0.6) is 34.5 Å². The predicted molar refractivity (Wildman–Crippen MR) is 171 cm³/mol. The van der Waals surface area contributed by atoms with Crippen LogP contribution in [0.1, 0.15) is 53.3 Å². The maximum atomic E-state index is 13.5. The van der Waals surface area contributed by atoms with Gasteiger partial charge in [0, 0.05) is 39.3 Å². The van der Waals surface area contributed by atoms with Gasteiger partial charge in [0.15, 0.2) is 23.0 Å². The lowest BCUT2D eigenvalue weighted by atomic mass is 10.1. The van der Waals surface area contributed by atoms with E-state index in [1.807, 2.05) is 0 Å². The monoisotopic (exact) mass is 644 g/mol. The van der Waals surface area contributed by atoms with Crippen LogP contribution in [0.15, 0.2) is 24.3 Å². The molecule has 2 aliphatic rings. The fourth-order valence-corrected chi connectivity index (χ4v) is 6.00. The maximum Gasteiger partial charge on any atom is 0.338 e. The van der Waals surface area contributed by atoms with Crippen molar-refractivity contribution in [3.05, 3.63) is 35.4 Å². The van der Waals surface area contributed by atoms with Crippen molar-refractivity contribution in [1.82, 2.24) is 9.80 Å². The van der Waals surface area contributed by atoms with Crippen molar-refractivity contribution in [2.24, 2.45) is 5.92 Å². The first-order chi connectivity index (χ1) is 22.3. The molecule has 1 saturated heterocycles. The Morgan fingerprint density at radius 2 is 1.33 bits per heavy atom. The van der Waals surface area contributed by atoms with Crippen molar-refractivity contribution in [3.63, 3.8) is 0 Å². The molecule has 46 heavy (non-hydrogen) atoms. The van der Waals surface area contributed by atoms with Crippen molar-refractivity contribution in [2.45, 2.75) is 38.7 Å². The SMILES string of the molecule is COc1cc(C(=O)OC2CCCOc3cc(cc(OC)c3OC)C(=O)OCCCN3CCN(CC2)CC(C)C3)cc(OC)c1OC. The lowest BCUT2D eigenvalue weighted by Gasteiger charge is -2.25. The highest BCUT2D eigenvalue weighted by Gasteiger charge is 2.25. The quantitative estimate of drug-likeness (QED) is 0.400. The third-order valence-electron chi connectivity index (χ3n) is 8.27. The normalized spacial score (nSPS) is 22.9. The largest absolute Gasteiger partial charge is 0.493 e. The van der Waals surface area contributed by atoms with Crippen LogP contribution in [0.2, 0.25) is 0 Å². The first-order valence-corrected chi connectivity index (χ1v) is 15.8. The molecule has 4 atom stereocenters. The van der Waals surface area contributed by atoms with E-state index < -0.39 is 11.9 Å². The van der Waals surface area contributed by atoms with Gasteiger partial charge in [-0.15, -0.1) is 0 Å². The molecule has 0 aromatic heterocycles. The van der Waals surface area contributed by atoms with Gasteiger partial charge < -0.3 is 47.7 Å². The Morgan fingerprint density at radius 1 is 0.717 bits per heavy atom. The zero-order valence-electron chi connectivity index (χ0n) is 27.9. The fourth-order valence-electron chi connectivity index (χ4n) is 6.00. The van der Waals surface area contributed by atoms with E-state index in [0.29, 0.717) is 84.0 Å². The van der Waals surface area contributed by atoms with E-state index in [1.165, 1.54) is 35.5 Å². The number of carbonyl (C=O) groups excluding carboxylic acids is 2. The molecule has 0 amide bonds. The highest BCUT2D eigenvalue weighted by molar-refractivity contribution is 5.92. The van der Waals surface area contributed by atoms with E-state index >= 15 is 0 Å². The van der Waals surface area contributed by atoms with Crippen LogP contribution in [-0.4, -0.2) is 116 Å². The van der Waals surface area contributed by atoms with Gasteiger partial charge in [0.25, 0.3) is 0 Å². The Bertz CT molecular complexity index is 1290. The number of hydrogen-bond acceptors (Lipinski definition) is 12. The molecule has 0 aliphatic carbocycles. The van der Waals surface area contributed by atoms with Crippen molar-refractivity contribution in [2.75, 3.05) is 88.0 Å². The second-order valence-corrected chi connectivity index (χ2v) is 11.6. The number of rotatable bonds is 7. The van der Waals surface area contributed by atoms with Gasteiger partial charge in [-0.3, -0.25) is 0 Å². The molecule has 4 unspecified atom stereocenters. The topological polar surface area (TPSA) is 114 Å². The fraction of sp³-hybridized carbons (Fsp3) is 0.588. The summed E-state index contributed by atoms with van der Waals surface area (Å²) in [7, 11) is 7.55. The van der Waals surface area contributed by atoms with E-state index in [-0.39, 0.29) is 6.10 Å². The van der Waals surface area contributed by atoms with Gasteiger partial charge >= 0.3 is 11.9 Å². The zero-order valence-corrected chi connectivity index (χ0v) is 27.9. The van der Waals surface area contributed by atoms with Gasteiger partial charge in [0.2, 0.25) is 11.5 Å². The number of carbonyl (C=O) groups is 2. The zero-order chi connectivity index (χ0) is 33.1. The number of cyclic esters (lactones) is 1. The molecule has 1 fully saturated rings. The van der Waals surface area contributed by atoms with E-state index in [4.69, 9.17) is 37.9 Å².